The average molecular weight is 364 g/mol. The van der Waals surface area contributed by atoms with Crippen molar-refractivity contribution >= 4 is 11.9 Å². The molecule has 1 aliphatic carbocycles. The molecule has 7 nitrogen and oxygen atoms in total. The molecule has 4 rings (SSSR count). The second-order valence-electron chi connectivity index (χ2n) is 6.85. The first-order valence-corrected chi connectivity index (χ1v) is 8.83. The third kappa shape index (κ3) is 2.81. The van der Waals surface area contributed by atoms with Gasteiger partial charge in [0.25, 0.3) is 5.91 Å². The van der Waals surface area contributed by atoms with Crippen LogP contribution in [-0.4, -0.2) is 31.7 Å². The van der Waals surface area contributed by atoms with Gasteiger partial charge in [0.1, 0.15) is 11.4 Å². The number of rotatable bonds is 4. The highest BCUT2D eigenvalue weighted by atomic mass is 16.4. The first-order valence-electron chi connectivity index (χ1n) is 8.83. The standard InChI is InChI=1S/C20H20N4O3/c1-24-11-5-9-17(24)15-12-16(23-22-15)18(25)21-20(19(26)27)10-4-7-13-6-2-3-8-14(13)20/h2-3,5-6,8-9,11-12H,4,7,10H2,1H3,(H,21,25)(H,22,23)(H,26,27)/t20-/m0/s1. The lowest BCUT2D eigenvalue weighted by molar-refractivity contribution is -0.145. The number of fused-ring (bicyclic) bond motifs is 1. The summed E-state index contributed by atoms with van der Waals surface area (Å²) in [5, 5.41) is 19.7. The molecule has 0 unspecified atom stereocenters. The number of hydrogen-bond acceptors (Lipinski definition) is 3. The fourth-order valence-corrected chi connectivity index (χ4v) is 3.80. The summed E-state index contributed by atoms with van der Waals surface area (Å²) in [5.41, 5.74) is 1.90. The SMILES string of the molecule is Cn1cccc1-c1cc(C(=O)N[C@@]2(C(=O)O)CCCc3ccccc32)[nH]n1. The third-order valence-corrected chi connectivity index (χ3v) is 5.20. The number of nitrogens with one attached hydrogen (secondary N) is 2. The van der Waals surface area contributed by atoms with Gasteiger partial charge in [0.15, 0.2) is 5.54 Å². The number of amides is 1. The number of aromatic nitrogens is 3. The van der Waals surface area contributed by atoms with Gasteiger partial charge in [-0.2, -0.15) is 5.10 Å². The van der Waals surface area contributed by atoms with Crippen molar-refractivity contribution in [1.29, 1.82) is 0 Å². The maximum absolute atomic E-state index is 12.8. The molecule has 1 aliphatic rings. The molecule has 0 spiro atoms. The van der Waals surface area contributed by atoms with E-state index in [1.165, 1.54) is 0 Å². The molecule has 7 heteroatoms. The molecule has 1 amide bonds. The maximum Gasteiger partial charge on any atom is 0.334 e. The van der Waals surface area contributed by atoms with Gasteiger partial charge in [0, 0.05) is 13.2 Å². The lowest BCUT2D eigenvalue weighted by atomic mass is 9.76. The molecular weight excluding hydrogens is 344 g/mol. The van der Waals surface area contributed by atoms with Gasteiger partial charge >= 0.3 is 5.97 Å². The monoisotopic (exact) mass is 364 g/mol. The summed E-state index contributed by atoms with van der Waals surface area (Å²) in [4.78, 5) is 25.0. The van der Waals surface area contributed by atoms with E-state index < -0.39 is 17.4 Å². The average Bonchev–Trinajstić information content (AvgIpc) is 3.30. The molecule has 2 heterocycles. The zero-order chi connectivity index (χ0) is 19.0. The Kier molecular flexibility index (Phi) is 4.07. The Labute approximate surface area is 156 Å². The normalized spacial score (nSPS) is 18.7. The quantitative estimate of drug-likeness (QED) is 0.662. The number of nitrogens with zero attached hydrogens (tertiary/aromatic N) is 2. The molecule has 3 aromatic rings. The van der Waals surface area contributed by atoms with Crippen LogP contribution in [-0.2, 0) is 23.8 Å². The third-order valence-electron chi connectivity index (χ3n) is 5.20. The zero-order valence-corrected chi connectivity index (χ0v) is 14.9. The summed E-state index contributed by atoms with van der Waals surface area (Å²) < 4.78 is 1.90. The summed E-state index contributed by atoms with van der Waals surface area (Å²) in [5.74, 6) is -1.53. The highest BCUT2D eigenvalue weighted by molar-refractivity contribution is 5.97. The summed E-state index contributed by atoms with van der Waals surface area (Å²) in [6, 6.07) is 12.8. The molecule has 2 aromatic heterocycles. The van der Waals surface area contributed by atoms with Crippen molar-refractivity contribution in [1.82, 2.24) is 20.1 Å². The van der Waals surface area contributed by atoms with Crippen LogP contribution in [0.5, 0.6) is 0 Å². The minimum Gasteiger partial charge on any atom is -0.479 e. The highest BCUT2D eigenvalue weighted by Crippen LogP contribution is 2.36. The van der Waals surface area contributed by atoms with Gasteiger partial charge < -0.3 is 15.0 Å². The molecule has 1 atom stereocenters. The first-order chi connectivity index (χ1) is 13.0. The Morgan fingerprint density at radius 1 is 1.26 bits per heavy atom. The van der Waals surface area contributed by atoms with Crippen molar-refractivity contribution in [3.05, 3.63) is 65.5 Å². The van der Waals surface area contributed by atoms with Gasteiger partial charge in [-0.05, 0) is 48.6 Å². The van der Waals surface area contributed by atoms with Crippen LogP contribution in [0, 0.1) is 0 Å². The predicted octanol–water partition coefficient (Wildman–Crippen LogP) is 2.46. The molecule has 138 valence electrons. The highest BCUT2D eigenvalue weighted by Gasteiger charge is 2.45. The van der Waals surface area contributed by atoms with Gasteiger partial charge in [-0.3, -0.25) is 9.89 Å². The van der Waals surface area contributed by atoms with Crippen molar-refractivity contribution in [2.24, 2.45) is 7.05 Å². The van der Waals surface area contributed by atoms with Crippen LogP contribution >= 0.6 is 0 Å². The largest absolute Gasteiger partial charge is 0.479 e. The minimum atomic E-state index is -1.43. The topological polar surface area (TPSA) is 100 Å². The lowest BCUT2D eigenvalue weighted by Crippen LogP contribution is -2.53. The summed E-state index contributed by atoms with van der Waals surface area (Å²) >= 11 is 0. The number of benzene rings is 1. The van der Waals surface area contributed by atoms with Crippen LogP contribution in [0.4, 0.5) is 0 Å². The number of carboxylic acids is 1. The van der Waals surface area contributed by atoms with E-state index in [1.807, 2.05) is 42.1 Å². The van der Waals surface area contributed by atoms with Crippen LogP contribution < -0.4 is 5.32 Å². The van der Waals surface area contributed by atoms with Crippen molar-refractivity contribution < 1.29 is 14.7 Å². The number of H-pyrrole nitrogens is 1. The molecule has 0 bridgehead atoms. The van der Waals surface area contributed by atoms with Gasteiger partial charge in [0.2, 0.25) is 0 Å². The molecule has 1 aromatic carbocycles. The van der Waals surface area contributed by atoms with E-state index in [1.54, 1.807) is 18.2 Å². The van der Waals surface area contributed by atoms with Gasteiger partial charge in [-0.1, -0.05) is 24.3 Å². The Morgan fingerprint density at radius 3 is 2.81 bits per heavy atom. The van der Waals surface area contributed by atoms with Crippen LogP contribution in [0.25, 0.3) is 11.4 Å². The fourth-order valence-electron chi connectivity index (χ4n) is 3.80. The number of carboxylic acid groups (broad SMARTS) is 1. The van der Waals surface area contributed by atoms with Crippen LogP contribution in [0.2, 0.25) is 0 Å². The van der Waals surface area contributed by atoms with Crippen molar-refractivity contribution in [3.63, 3.8) is 0 Å². The van der Waals surface area contributed by atoms with Gasteiger partial charge in [-0.15, -0.1) is 0 Å². The smallest absolute Gasteiger partial charge is 0.334 e. The predicted molar refractivity (Wildman–Crippen MR) is 99.2 cm³/mol. The minimum absolute atomic E-state index is 0.231. The number of hydrogen-bond donors (Lipinski definition) is 3. The number of carbonyl (C=O) groups excluding carboxylic acids is 1. The van der Waals surface area contributed by atoms with Crippen LogP contribution in [0.1, 0.15) is 34.5 Å². The molecule has 0 aliphatic heterocycles. The summed E-state index contributed by atoms with van der Waals surface area (Å²) in [7, 11) is 1.89. The lowest BCUT2D eigenvalue weighted by Gasteiger charge is -2.36. The Balaban J connectivity index is 1.66. The zero-order valence-electron chi connectivity index (χ0n) is 14.9. The molecule has 0 radical (unpaired) electrons. The fraction of sp³-hybridized carbons (Fsp3) is 0.250. The van der Waals surface area contributed by atoms with E-state index in [0.717, 1.165) is 17.7 Å². The second-order valence-corrected chi connectivity index (χ2v) is 6.85. The Bertz CT molecular complexity index is 1020. The Morgan fingerprint density at radius 2 is 2.07 bits per heavy atom. The van der Waals surface area contributed by atoms with Gasteiger partial charge in [-0.25, -0.2) is 4.79 Å². The van der Waals surface area contributed by atoms with Crippen LogP contribution in [0.3, 0.4) is 0 Å². The molecule has 27 heavy (non-hydrogen) atoms. The van der Waals surface area contributed by atoms with E-state index in [2.05, 4.69) is 15.5 Å². The number of aromatic amines is 1. The second kappa shape index (κ2) is 6.42. The first kappa shape index (κ1) is 17.1. The van der Waals surface area contributed by atoms with Crippen molar-refractivity contribution in [2.45, 2.75) is 24.8 Å². The molecule has 0 saturated carbocycles. The van der Waals surface area contributed by atoms with E-state index in [-0.39, 0.29) is 5.69 Å². The Hall–Kier alpha value is -3.35. The summed E-state index contributed by atoms with van der Waals surface area (Å²) in [6.07, 6.45) is 3.75. The number of carbonyl (C=O) groups is 2. The van der Waals surface area contributed by atoms with Crippen molar-refractivity contribution in [2.75, 3.05) is 0 Å². The number of aliphatic carboxylic acids is 1. The van der Waals surface area contributed by atoms with E-state index in [9.17, 15) is 14.7 Å². The maximum atomic E-state index is 12.8. The molecule has 0 fully saturated rings. The molecular formula is C20H20N4O3. The summed E-state index contributed by atoms with van der Waals surface area (Å²) in [6.45, 7) is 0. The van der Waals surface area contributed by atoms with Gasteiger partial charge in [0.05, 0.1) is 5.69 Å². The number of aryl methyl sites for hydroxylation is 2. The van der Waals surface area contributed by atoms with Crippen molar-refractivity contribution in [3.8, 4) is 11.4 Å². The molecule has 3 N–H and O–H groups in total. The van der Waals surface area contributed by atoms with E-state index in [4.69, 9.17) is 0 Å². The van der Waals surface area contributed by atoms with Crippen LogP contribution in [0.15, 0.2) is 48.7 Å². The van der Waals surface area contributed by atoms with E-state index in [0.29, 0.717) is 24.1 Å². The molecule has 0 saturated heterocycles. The van der Waals surface area contributed by atoms with E-state index >= 15 is 0 Å².